The zero-order valence-electron chi connectivity index (χ0n) is 10.7. The number of ether oxygens (including phenoxy) is 1. The Bertz CT molecular complexity index is 522. The number of methoxy groups -OCH3 is 1. The summed E-state index contributed by atoms with van der Waals surface area (Å²) in [6, 6.07) is 1.42. The van der Waals surface area contributed by atoms with Crippen LogP contribution in [0.3, 0.4) is 0 Å². The van der Waals surface area contributed by atoms with Gasteiger partial charge in [0.2, 0.25) is 5.76 Å². The molecule has 0 aliphatic rings. The van der Waals surface area contributed by atoms with Crippen molar-refractivity contribution in [3.63, 3.8) is 0 Å². The van der Waals surface area contributed by atoms with Crippen LogP contribution in [0.25, 0.3) is 0 Å². The summed E-state index contributed by atoms with van der Waals surface area (Å²) in [5.74, 6) is 0.0896. The molecular formula is C11H15N5O3. The number of rotatable bonds is 6. The van der Waals surface area contributed by atoms with Crippen molar-refractivity contribution in [2.24, 2.45) is 0 Å². The maximum absolute atomic E-state index is 11.8. The van der Waals surface area contributed by atoms with Gasteiger partial charge in [0, 0.05) is 12.6 Å². The number of nitrogens with zero attached hydrogens (tertiary/aromatic N) is 4. The number of hydrogen-bond donors (Lipinski definition) is 1. The fourth-order valence-electron chi connectivity index (χ4n) is 1.50. The first kappa shape index (κ1) is 13.1. The number of carbonyl (C=O) groups is 1. The molecule has 0 saturated heterocycles. The maximum Gasteiger partial charge on any atom is 0.290 e. The van der Waals surface area contributed by atoms with Gasteiger partial charge in [-0.15, -0.1) is 0 Å². The molecule has 1 N–H and O–H groups in total. The molecule has 2 rings (SSSR count). The number of aryl methyl sites for hydroxylation is 1. The molecule has 0 radical (unpaired) electrons. The molecule has 1 atom stereocenters. The third-order valence-corrected chi connectivity index (χ3v) is 2.56. The van der Waals surface area contributed by atoms with Crippen LogP contribution >= 0.6 is 0 Å². The molecule has 0 spiro atoms. The molecule has 0 saturated carbocycles. The molecule has 1 amide bonds. The second-order valence-corrected chi connectivity index (χ2v) is 4.06. The minimum atomic E-state index is -0.318. The highest BCUT2D eigenvalue weighted by Gasteiger charge is 2.15. The van der Waals surface area contributed by atoms with E-state index in [2.05, 4.69) is 20.6 Å². The van der Waals surface area contributed by atoms with Crippen molar-refractivity contribution >= 4 is 5.91 Å². The van der Waals surface area contributed by atoms with Crippen LogP contribution in [0.2, 0.25) is 0 Å². The predicted octanol–water partition coefficient (Wildman–Crippen LogP) is 0.483. The smallest absolute Gasteiger partial charge is 0.290 e. The van der Waals surface area contributed by atoms with Crippen molar-refractivity contribution in [1.82, 2.24) is 25.2 Å². The fraction of sp³-hybridized carbons (Fsp3) is 0.455. The Labute approximate surface area is 109 Å². The third kappa shape index (κ3) is 3.54. The average molecular weight is 265 g/mol. The van der Waals surface area contributed by atoms with Gasteiger partial charge in [-0.3, -0.25) is 9.48 Å². The summed E-state index contributed by atoms with van der Waals surface area (Å²) in [5.41, 5.74) is 0. The van der Waals surface area contributed by atoms with Crippen LogP contribution in [0.4, 0.5) is 0 Å². The number of hydrogen-bond acceptors (Lipinski definition) is 6. The first-order chi connectivity index (χ1) is 9.19. The lowest BCUT2D eigenvalue weighted by atomic mass is 10.2. The Hall–Kier alpha value is -2.38. The van der Waals surface area contributed by atoms with Gasteiger partial charge in [0.05, 0.1) is 13.2 Å². The van der Waals surface area contributed by atoms with Crippen LogP contribution in [0.5, 0.6) is 5.88 Å². The van der Waals surface area contributed by atoms with Crippen molar-refractivity contribution in [3.05, 3.63) is 24.5 Å². The Morgan fingerprint density at radius 1 is 1.63 bits per heavy atom. The minimum absolute atomic E-state index is 0.0206. The maximum atomic E-state index is 11.8. The van der Waals surface area contributed by atoms with Crippen LogP contribution in [0, 0.1) is 0 Å². The van der Waals surface area contributed by atoms with Gasteiger partial charge in [0.15, 0.2) is 0 Å². The molecule has 2 heterocycles. The van der Waals surface area contributed by atoms with E-state index in [-0.39, 0.29) is 23.6 Å². The molecule has 0 aromatic carbocycles. The van der Waals surface area contributed by atoms with Gasteiger partial charge in [0.1, 0.15) is 12.7 Å². The van der Waals surface area contributed by atoms with Gasteiger partial charge in [-0.2, -0.15) is 5.10 Å². The molecule has 0 aliphatic carbocycles. The molecule has 0 bridgehead atoms. The summed E-state index contributed by atoms with van der Waals surface area (Å²) in [6.45, 7) is 2.59. The monoisotopic (exact) mass is 265 g/mol. The molecule has 102 valence electrons. The molecule has 2 aromatic rings. The summed E-state index contributed by atoms with van der Waals surface area (Å²) >= 11 is 0. The molecule has 0 unspecified atom stereocenters. The first-order valence-corrected chi connectivity index (χ1v) is 5.83. The van der Waals surface area contributed by atoms with Gasteiger partial charge in [-0.1, -0.05) is 0 Å². The Morgan fingerprint density at radius 2 is 2.47 bits per heavy atom. The fourth-order valence-corrected chi connectivity index (χ4v) is 1.50. The first-order valence-electron chi connectivity index (χ1n) is 5.83. The third-order valence-electron chi connectivity index (χ3n) is 2.56. The molecule has 0 aliphatic heterocycles. The van der Waals surface area contributed by atoms with Crippen LogP contribution in [-0.4, -0.2) is 39.0 Å². The van der Waals surface area contributed by atoms with Gasteiger partial charge >= 0.3 is 0 Å². The summed E-state index contributed by atoms with van der Waals surface area (Å²) in [7, 11) is 1.46. The van der Waals surface area contributed by atoms with E-state index in [1.807, 2.05) is 6.92 Å². The van der Waals surface area contributed by atoms with E-state index in [9.17, 15) is 4.79 Å². The lowest BCUT2D eigenvalue weighted by molar-refractivity contribution is 0.0899. The van der Waals surface area contributed by atoms with E-state index >= 15 is 0 Å². The summed E-state index contributed by atoms with van der Waals surface area (Å²) in [5, 5.41) is 10.4. The number of nitrogens with one attached hydrogen (secondary N) is 1. The Balaban J connectivity index is 1.81. The van der Waals surface area contributed by atoms with E-state index in [0.29, 0.717) is 6.54 Å². The van der Waals surface area contributed by atoms with E-state index in [1.165, 1.54) is 19.5 Å². The molecule has 2 aromatic heterocycles. The zero-order valence-corrected chi connectivity index (χ0v) is 10.7. The van der Waals surface area contributed by atoms with Crippen molar-refractivity contribution in [2.45, 2.75) is 25.9 Å². The molecular weight excluding hydrogens is 250 g/mol. The predicted molar refractivity (Wildman–Crippen MR) is 64.6 cm³/mol. The quantitative estimate of drug-likeness (QED) is 0.816. The normalized spacial score (nSPS) is 12.1. The van der Waals surface area contributed by atoms with E-state index in [0.717, 1.165) is 6.42 Å². The van der Waals surface area contributed by atoms with Crippen LogP contribution < -0.4 is 10.1 Å². The molecule has 8 nitrogen and oxygen atoms in total. The van der Waals surface area contributed by atoms with E-state index < -0.39 is 0 Å². The standard InChI is InChI=1S/C11H15N5O3/c1-8(3-4-16-7-12-6-13-16)14-11(17)9-5-10(18-2)15-19-9/h5-8H,3-4H2,1-2H3,(H,14,17)/t8-/m0/s1. The second-order valence-electron chi connectivity index (χ2n) is 4.06. The molecule has 0 fully saturated rings. The Kier molecular flexibility index (Phi) is 4.11. The second kappa shape index (κ2) is 5.98. The number of carbonyl (C=O) groups excluding carboxylic acids is 1. The van der Waals surface area contributed by atoms with Gasteiger partial charge in [-0.25, -0.2) is 4.98 Å². The largest absolute Gasteiger partial charge is 0.479 e. The van der Waals surface area contributed by atoms with Crippen LogP contribution in [0.15, 0.2) is 23.2 Å². The highest BCUT2D eigenvalue weighted by atomic mass is 16.5. The van der Waals surface area contributed by atoms with Crippen molar-refractivity contribution < 1.29 is 14.1 Å². The topological polar surface area (TPSA) is 95.1 Å². The van der Waals surface area contributed by atoms with Crippen LogP contribution in [-0.2, 0) is 6.54 Å². The van der Waals surface area contributed by atoms with Crippen molar-refractivity contribution in [1.29, 1.82) is 0 Å². The highest BCUT2D eigenvalue weighted by Crippen LogP contribution is 2.10. The minimum Gasteiger partial charge on any atom is -0.479 e. The van der Waals surface area contributed by atoms with Crippen molar-refractivity contribution in [3.8, 4) is 5.88 Å². The lowest BCUT2D eigenvalue weighted by Crippen LogP contribution is -2.33. The lowest BCUT2D eigenvalue weighted by Gasteiger charge is -2.12. The van der Waals surface area contributed by atoms with Gasteiger partial charge in [-0.05, 0) is 18.5 Å². The number of amides is 1. The van der Waals surface area contributed by atoms with Crippen molar-refractivity contribution in [2.75, 3.05) is 7.11 Å². The van der Waals surface area contributed by atoms with E-state index in [1.54, 1.807) is 11.0 Å². The zero-order chi connectivity index (χ0) is 13.7. The number of aromatic nitrogens is 4. The highest BCUT2D eigenvalue weighted by molar-refractivity contribution is 5.91. The summed E-state index contributed by atoms with van der Waals surface area (Å²) < 4.78 is 11.4. The average Bonchev–Trinajstić information content (AvgIpc) is 3.07. The SMILES string of the molecule is COc1cc(C(=O)N[C@@H](C)CCn2cncn2)on1. The molecule has 8 heteroatoms. The summed E-state index contributed by atoms with van der Waals surface area (Å²) in [4.78, 5) is 15.7. The van der Waals surface area contributed by atoms with Gasteiger partial charge < -0.3 is 14.6 Å². The van der Waals surface area contributed by atoms with Crippen LogP contribution in [0.1, 0.15) is 23.9 Å². The summed E-state index contributed by atoms with van der Waals surface area (Å²) in [6.07, 6.45) is 3.85. The Morgan fingerprint density at radius 3 is 3.11 bits per heavy atom. The molecule has 19 heavy (non-hydrogen) atoms. The van der Waals surface area contributed by atoms with E-state index in [4.69, 9.17) is 9.26 Å². The van der Waals surface area contributed by atoms with Gasteiger partial charge in [0.25, 0.3) is 11.8 Å².